The van der Waals surface area contributed by atoms with Gasteiger partial charge in [0.25, 0.3) is 0 Å². The molecule has 1 N–H and O–H groups in total. The summed E-state index contributed by atoms with van der Waals surface area (Å²) in [6, 6.07) is 7.90. The first-order valence-electron chi connectivity index (χ1n) is 6.24. The normalized spacial score (nSPS) is 13.9. The van der Waals surface area contributed by atoms with Gasteiger partial charge < -0.3 is 14.6 Å². The minimum absolute atomic E-state index is 0.0450. The fourth-order valence-electron chi connectivity index (χ4n) is 1.53. The van der Waals surface area contributed by atoms with Crippen molar-refractivity contribution in [3.63, 3.8) is 0 Å². The van der Waals surface area contributed by atoms with Crippen molar-refractivity contribution in [2.45, 2.75) is 32.5 Å². The summed E-state index contributed by atoms with van der Waals surface area (Å²) in [5.41, 5.74) is 1.12. The highest BCUT2D eigenvalue weighted by atomic mass is 16.5. The van der Waals surface area contributed by atoms with Crippen molar-refractivity contribution >= 4 is 0 Å². The zero-order chi connectivity index (χ0) is 13.4. The lowest BCUT2D eigenvalue weighted by molar-refractivity contribution is -0.0133. The Hall–Kier alpha value is -1.32. The summed E-state index contributed by atoms with van der Waals surface area (Å²) in [7, 11) is 0. The number of hydrogen-bond donors (Lipinski definition) is 1. The number of allylic oxidation sites excluding steroid dienone is 1. The Morgan fingerprint density at radius 1 is 1.28 bits per heavy atom. The van der Waals surface area contributed by atoms with E-state index < -0.39 is 6.10 Å². The van der Waals surface area contributed by atoms with Crippen LogP contribution in [0.1, 0.15) is 19.4 Å². The third-order valence-corrected chi connectivity index (χ3v) is 2.43. The highest BCUT2D eigenvalue weighted by Crippen LogP contribution is 2.19. The van der Waals surface area contributed by atoms with Gasteiger partial charge in [0.2, 0.25) is 0 Å². The molecule has 0 fully saturated rings. The summed E-state index contributed by atoms with van der Waals surface area (Å²) < 4.78 is 11.2. The number of rotatable bonds is 8. The predicted molar refractivity (Wildman–Crippen MR) is 72.9 cm³/mol. The molecule has 0 radical (unpaired) electrons. The van der Waals surface area contributed by atoms with E-state index in [0.717, 1.165) is 17.7 Å². The molecule has 0 saturated heterocycles. The monoisotopic (exact) mass is 250 g/mol. The highest BCUT2D eigenvalue weighted by Gasteiger charge is 2.07. The van der Waals surface area contributed by atoms with Crippen molar-refractivity contribution in [2.75, 3.05) is 13.2 Å². The van der Waals surface area contributed by atoms with Crippen LogP contribution in [0.3, 0.4) is 0 Å². The molecule has 0 bridgehead atoms. The van der Waals surface area contributed by atoms with Gasteiger partial charge in [-0.3, -0.25) is 0 Å². The second-order valence-electron chi connectivity index (χ2n) is 4.40. The SMILES string of the molecule is C=CCc1ccccc1OCC(C)OCC(C)O. The van der Waals surface area contributed by atoms with Crippen LogP contribution in [0.15, 0.2) is 36.9 Å². The molecule has 100 valence electrons. The molecular formula is C15H22O3. The molecule has 3 nitrogen and oxygen atoms in total. The van der Waals surface area contributed by atoms with E-state index in [2.05, 4.69) is 6.58 Å². The van der Waals surface area contributed by atoms with Gasteiger partial charge in [0.1, 0.15) is 12.4 Å². The quantitative estimate of drug-likeness (QED) is 0.721. The second kappa shape index (κ2) is 7.90. The topological polar surface area (TPSA) is 38.7 Å². The van der Waals surface area contributed by atoms with E-state index in [4.69, 9.17) is 14.6 Å². The van der Waals surface area contributed by atoms with Gasteiger partial charge in [0.05, 0.1) is 18.8 Å². The Morgan fingerprint density at radius 3 is 2.67 bits per heavy atom. The molecule has 3 heteroatoms. The molecule has 2 unspecified atom stereocenters. The summed E-state index contributed by atoms with van der Waals surface area (Å²) in [4.78, 5) is 0. The zero-order valence-electron chi connectivity index (χ0n) is 11.1. The average Bonchev–Trinajstić information content (AvgIpc) is 2.35. The molecule has 0 aliphatic carbocycles. The first-order chi connectivity index (χ1) is 8.63. The van der Waals surface area contributed by atoms with Crippen molar-refractivity contribution in [3.05, 3.63) is 42.5 Å². The van der Waals surface area contributed by atoms with Crippen molar-refractivity contribution < 1.29 is 14.6 Å². The molecule has 1 aromatic rings. The van der Waals surface area contributed by atoms with Crippen LogP contribution in [0.25, 0.3) is 0 Å². The lowest BCUT2D eigenvalue weighted by Crippen LogP contribution is -2.23. The fourth-order valence-corrected chi connectivity index (χ4v) is 1.53. The van der Waals surface area contributed by atoms with E-state index in [9.17, 15) is 0 Å². The summed E-state index contributed by atoms with van der Waals surface area (Å²) in [5, 5.41) is 9.12. The van der Waals surface area contributed by atoms with Crippen LogP contribution in [-0.4, -0.2) is 30.5 Å². The van der Waals surface area contributed by atoms with E-state index in [-0.39, 0.29) is 6.10 Å². The summed E-state index contributed by atoms with van der Waals surface area (Å²) in [6.45, 7) is 8.17. The minimum Gasteiger partial charge on any atom is -0.491 e. The third-order valence-electron chi connectivity index (χ3n) is 2.43. The van der Waals surface area contributed by atoms with Crippen molar-refractivity contribution in [3.8, 4) is 5.75 Å². The maximum atomic E-state index is 9.12. The molecule has 0 aliphatic rings. The van der Waals surface area contributed by atoms with Gasteiger partial charge in [0, 0.05) is 0 Å². The van der Waals surface area contributed by atoms with Crippen molar-refractivity contribution in [1.29, 1.82) is 0 Å². The van der Waals surface area contributed by atoms with Gasteiger partial charge in [-0.15, -0.1) is 6.58 Å². The van der Waals surface area contributed by atoms with Gasteiger partial charge in [0.15, 0.2) is 0 Å². The third kappa shape index (κ3) is 5.34. The summed E-state index contributed by atoms with van der Waals surface area (Å²) in [6.07, 6.45) is 2.16. The Labute approximate surface area is 109 Å². The number of hydrogen-bond acceptors (Lipinski definition) is 3. The molecule has 0 amide bonds. The molecule has 0 aromatic heterocycles. The van der Waals surface area contributed by atoms with Crippen LogP contribution >= 0.6 is 0 Å². The number of para-hydroxylation sites is 1. The number of benzene rings is 1. The maximum Gasteiger partial charge on any atom is 0.122 e. The number of ether oxygens (including phenoxy) is 2. The maximum absolute atomic E-state index is 9.12. The average molecular weight is 250 g/mol. The van der Waals surface area contributed by atoms with Crippen molar-refractivity contribution in [2.24, 2.45) is 0 Å². The van der Waals surface area contributed by atoms with Gasteiger partial charge in [-0.25, -0.2) is 0 Å². The van der Waals surface area contributed by atoms with E-state index in [1.807, 2.05) is 37.3 Å². The van der Waals surface area contributed by atoms with E-state index >= 15 is 0 Å². The smallest absolute Gasteiger partial charge is 0.122 e. The zero-order valence-corrected chi connectivity index (χ0v) is 11.1. The molecule has 0 spiro atoms. The van der Waals surface area contributed by atoms with Crippen LogP contribution in [0.4, 0.5) is 0 Å². The predicted octanol–water partition coefficient (Wildman–Crippen LogP) is 2.58. The Balaban J connectivity index is 2.44. The van der Waals surface area contributed by atoms with Crippen LogP contribution in [-0.2, 0) is 11.2 Å². The van der Waals surface area contributed by atoms with Crippen LogP contribution in [0.5, 0.6) is 5.75 Å². The molecule has 2 atom stereocenters. The van der Waals surface area contributed by atoms with Gasteiger partial charge in [-0.05, 0) is 31.9 Å². The molecular weight excluding hydrogens is 228 g/mol. The van der Waals surface area contributed by atoms with Crippen LogP contribution in [0.2, 0.25) is 0 Å². The second-order valence-corrected chi connectivity index (χ2v) is 4.40. The largest absolute Gasteiger partial charge is 0.491 e. The molecule has 0 saturated carbocycles. The highest BCUT2D eigenvalue weighted by molar-refractivity contribution is 5.34. The van der Waals surface area contributed by atoms with Gasteiger partial charge in [-0.1, -0.05) is 24.3 Å². The fraction of sp³-hybridized carbons (Fsp3) is 0.467. The minimum atomic E-state index is -0.444. The number of aliphatic hydroxyl groups is 1. The summed E-state index contributed by atoms with van der Waals surface area (Å²) in [5.74, 6) is 0.866. The van der Waals surface area contributed by atoms with Crippen molar-refractivity contribution in [1.82, 2.24) is 0 Å². The van der Waals surface area contributed by atoms with Gasteiger partial charge in [-0.2, -0.15) is 0 Å². The first-order valence-corrected chi connectivity index (χ1v) is 6.24. The molecule has 1 rings (SSSR count). The lowest BCUT2D eigenvalue weighted by Gasteiger charge is -2.16. The van der Waals surface area contributed by atoms with E-state index in [0.29, 0.717) is 13.2 Å². The number of aliphatic hydroxyl groups excluding tert-OH is 1. The summed E-state index contributed by atoms with van der Waals surface area (Å²) >= 11 is 0. The lowest BCUT2D eigenvalue weighted by atomic mass is 10.1. The van der Waals surface area contributed by atoms with Crippen LogP contribution < -0.4 is 4.74 Å². The molecule has 18 heavy (non-hydrogen) atoms. The van der Waals surface area contributed by atoms with Crippen LogP contribution in [0, 0.1) is 0 Å². The molecule has 0 aliphatic heterocycles. The van der Waals surface area contributed by atoms with E-state index in [1.165, 1.54) is 0 Å². The Bertz CT molecular complexity index is 361. The molecule has 0 heterocycles. The first kappa shape index (κ1) is 14.7. The molecule has 1 aromatic carbocycles. The standard InChI is InChI=1S/C15H22O3/c1-4-7-14-8-5-6-9-15(14)18-11-13(3)17-10-12(2)16/h4-6,8-9,12-13,16H,1,7,10-11H2,2-3H3. The van der Waals surface area contributed by atoms with Gasteiger partial charge >= 0.3 is 0 Å². The van der Waals surface area contributed by atoms with E-state index in [1.54, 1.807) is 6.92 Å². The Morgan fingerprint density at radius 2 is 2.00 bits per heavy atom. The Kier molecular flexibility index (Phi) is 6.47.